The van der Waals surface area contributed by atoms with Crippen LogP contribution in [0.4, 0.5) is 5.69 Å². The van der Waals surface area contributed by atoms with E-state index in [4.69, 9.17) is 27.8 Å². The summed E-state index contributed by atoms with van der Waals surface area (Å²) in [4.78, 5) is 2.36. The fourth-order valence-corrected chi connectivity index (χ4v) is 1.85. The topological polar surface area (TPSA) is 58.7 Å². The fraction of sp³-hybridized carbons (Fsp3) is 0.417. The van der Waals surface area contributed by atoms with E-state index in [1.165, 1.54) is 0 Å². The Morgan fingerprint density at radius 1 is 1.53 bits per heavy atom. The third kappa shape index (κ3) is 3.31. The molecule has 0 saturated heterocycles. The molecule has 0 atom stereocenters. The molecule has 0 bridgehead atoms. The Balaban J connectivity index is 3.19. The van der Waals surface area contributed by atoms with E-state index in [-0.39, 0.29) is 6.61 Å². The number of anilines is 1. The van der Waals surface area contributed by atoms with Crippen molar-refractivity contribution in [3.05, 3.63) is 23.8 Å². The number of thiocarbonyl (C=S) groups is 1. The molecule has 0 aromatic heterocycles. The van der Waals surface area contributed by atoms with Crippen LogP contribution in [0.15, 0.2) is 18.2 Å². The predicted molar refractivity (Wildman–Crippen MR) is 73.9 cm³/mol. The average molecular weight is 254 g/mol. The molecule has 0 aliphatic carbocycles. The van der Waals surface area contributed by atoms with Crippen molar-refractivity contribution in [1.82, 2.24) is 0 Å². The lowest BCUT2D eigenvalue weighted by molar-refractivity contribution is 0.302. The number of nitrogens with zero attached hydrogens (tertiary/aromatic N) is 1. The van der Waals surface area contributed by atoms with Crippen LogP contribution in [-0.4, -0.2) is 36.9 Å². The number of likely N-dealkylation sites (N-methyl/N-ethyl adjacent to an activating group) is 1. The van der Waals surface area contributed by atoms with Crippen LogP contribution in [0.3, 0.4) is 0 Å². The zero-order chi connectivity index (χ0) is 12.8. The Morgan fingerprint density at radius 2 is 2.24 bits per heavy atom. The summed E-state index contributed by atoms with van der Waals surface area (Å²) in [6, 6.07) is 5.55. The number of nitrogens with two attached hydrogens (primary N) is 1. The van der Waals surface area contributed by atoms with Gasteiger partial charge in [-0.15, -0.1) is 0 Å². The van der Waals surface area contributed by atoms with E-state index in [1.807, 2.05) is 30.0 Å². The van der Waals surface area contributed by atoms with Crippen molar-refractivity contribution in [3.63, 3.8) is 0 Å². The molecule has 0 spiro atoms. The molecule has 0 heterocycles. The van der Waals surface area contributed by atoms with Crippen LogP contribution in [0.25, 0.3) is 0 Å². The molecule has 94 valence electrons. The molecule has 1 aromatic rings. The molecule has 4 nitrogen and oxygen atoms in total. The molecular weight excluding hydrogens is 236 g/mol. The molecule has 0 radical (unpaired) electrons. The van der Waals surface area contributed by atoms with E-state index in [0.29, 0.717) is 11.5 Å². The van der Waals surface area contributed by atoms with E-state index < -0.39 is 0 Å². The maximum Gasteiger partial charge on any atom is 0.120 e. The highest BCUT2D eigenvalue weighted by Crippen LogP contribution is 2.26. The van der Waals surface area contributed by atoms with Crippen molar-refractivity contribution in [1.29, 1.82) is 0 Å². The monoisotopic (exact) mass is 254 g/mol. The van der Waals surface area contributed by atoms with Gasteiger partial charge < -0.3 is 20.5 Å². The first-order valence-electron chi connectivity index (χ1n) is 5.47. The van der Waals surface area contributed by atoms with Gasteiger partial charge in [-0.05, 0) is 19.1 Å². The van der Waals surface area contributed by atoms with Crippen molar-refractivity contribution in [2.45, 2.75) is 6.92 Å². The second kappa shape index (κ2) is 6.42. The van der Waals surface area contributed by atoms with E-state index >= 15 is 0 Å². The van der Waals surface area contributed by atoms with E-state index in [1.54, 1.807) is 7.11 Å². The predicted octanol–water partition coefficient (Wildman–Crippen LogP) is 1.15. The molecule has 0 saturated carbocycles. The summed E-state index contributed by atoms with van der Waals surface area (Å²) in [7, 11) is 1.61. The number of hydrogen-bond donors (Lipinski definition) is 2. The van der Waals surface area contributed by atoms with Gasteiger partial charge in [0.25, 0.3) is 0 Å². The Labute approximate surface area is 107 Å². The van der Waals surface area contributed by atoms with Gasteiger partial charge in [0.05, 0.1) is 19.4 Å². The number of benzene rings is 1. The van der Waals surface area contributed by atoms with Gasteiger partial charge in [-0.25, -0.2) is 0 Å². The van der Waals surface area contributed by atoms with Gasteiger partial charge in [0, 0.05) is 24.7 Å². The zero-order valence-corrected chi connectivity index (χ0v) is 11.0. The summed E-state index contributed by atoms with van der Waals surface area (Å²) in [6.45, 7) is 3.41. The van der Waals surface area contributed by atoms with Crippen LogP contribution in [0.1, 0.15) is 12.5 Å². The Morgan fingerprint density at radius 3 is 2.71 bits per heavy atom. The van der Waals surface area contributed by atoms with Crippen molar-refractivity contribution in [2.24, 2.45) is 5.73 Å². The summed E-state index contributed by atoms with van der Waals surface area (Å²) in [6.07, 6.45) is 0. The first kappa shape index (κ1) is 13.7. The van der Waals surface area contributed by atoms with E-state index in [0.717, 1.165) is 23.5 Å². The molecule has 17 heavy (non-hydrogen) atoms. The van der Waals surface area contributed by atoms with Crippen LogP contribution in [-0.2, 0) is 0 Å². The third-order valence-electron chi connectivity index (χ3n) is 2.56. The lowest BCUT2D eigenvalue weighted by Crippen LogP contribution is -2.28. The van der Waals surface area contributed by atoms with Gasteiger partial charge in [-0.1, -0.05) is 12.2 Å². The minimum atomic E-state index is 0.0851. The molecule has 5 heteroatoms. The van der Waals surface area contributed by atoms with Gasteiger partial charge in [-0.3, -0.25) is 0 Å². The largest absolute Gasteiger partial charge is 0.497 e. The number of hydrogen-bond acceptors (Lipinski definition) is 4. The molecule has 0 aliphatic heterocycles. The van der Waals surface area contributed by atoms with Crippen LogP contribution < -0.4 is 15.4 Å². The average Bonchev–Trinajstić information content (AvgIpc) is 2.35. The molecule has 1 aromatic carbocycles. The zero-order valence-electron chi connectivity index (χ0n) is 10.1. The lowest BCUT2D eigenvalue weighted by Gasteiger charge is -2.25. The second-order valence-corrected chi connectivity index (χ2v) is 3.99. The Hall–Kier alpha value is -1.33. The second-order valence-electron chi connectivity index (χ2n) is 3.55. The molecular formula is C12H18N2O2S. The number of aliphatic hydroxyl groups excluding tert-OH is 1. The van der Waals surface area contributed by atoms with Crippen molar-refractivity contribution in [2.75, 3.05) is 31.7 Å². The normalized spacial score (nSPS) is 10.1. The number of aliphatic hydroxyl groups is 1. The van der Waals surface area contributed by atoms with Gasteiger partial charge in [0.15, 0.2) is 0 Å². The first-order chi connectivity index (χ1) is 8.13. The quantitative estimate of drug-likeness (QED) is 0.746. The fourth-order valence-electron chi connectivity index (χ4n) is 1.68. The maximum absolute atomic E-state index is 9.05. The summed E-state index contributed by atoms with van der Waals surface area (Å²) in [5.74, 6) is 0.747. The smallest absolute Gasteiger partial charge is 0.120 e. The van der Waals surface area contributed by atoms with Crippen molar-refractivity contribution < 1.29 is 9.84 Å². The van der Waals surface area contributed by atoms with Crippen molar-refractivity contribution in [3.8, 4) is 5.75 Å². The molecule has 1 rings (SSSR count). The summed E-state index contributed by atoms with van der Waals surface area (Å²) in [5.41, 5.74) is 7.39. The summed E-state index contributed by atoms with van der Waals surface area (Å²) < 4.78 is 5.19. The molecule has 3 N–H and O–H groups in total. The number of ether oxygens (including phenoxy) is 1. The molecule has 0 aliphatic rings. The van der Waals surface area contributed by atoms with Crippen LogP contribution in [0, 0.1) is 0 Å². The minimum Gasteiger partial charge on any atom is -0.497 e. The van der Waals surface area contributed by atoms with Crippen LogP contribution >= 0.6 is 12.2 Å². The van der Waals surface area contributed by atoms with Crippen molar-refractivity contribution >= 4 is 22.9 Å². The van der Waals surface area contributed by atoms with E-state index in [2.05, 4.69) is 0 Å². The SMILES string of the molecule is CCN(CCO)c1cc(OC)ccc1C(N)=S. The summed E-state index contributed by atoms with van der Waals surface area (Å²) >= 11 is 5.03. The number of rotatable bonds is 6. The third-order valence-corrected chi connectivity index (χ3v) is 2.78. The minimum absolute atomic E-state index is 0.0851. The van der Waals surface area contributed by atoms with Gasteiger partial charge in [0.1, 0.15) is 10.7 Å². The van der Waals surface area contributed by atoms with Crippen LogP contribution in [0.2, 0.25) is 0 Å². The highest BCUT2D eigenvalue weighted by Gasteiger charge is 2.12. The lowest BCUT2D eigenvalue weighted by atomic mass is 10.1. The van der Waals surface area contributed by atoms with Crippen LogP contribution in [0.5, 0.6) is 5.75 Å². The van der Waals surface area contributed by atoms with Gasteiger partial charge >= 0.3 is 0 Å². The standard InChI is InChI=1S/C12H18N2O2S/c1-3-14(6-7-15)11-8-9(16-2)4-5-10(11)12(13)17/h4-5,8,15H,3,6-7H2,1-2H3,(H2,13,17). The Kier molecular flexibility index (Phi) is 5.18. The number of methoxy groups -OCH3 is 1. The Bertz CT molecular complexity index is 396. The molecule has 0 fully saturated rings. The molecule has 0 amide bonds. The first-order valence-corrected chi connectivity index (χ1v) is 5.88. The molecule has 0 unspecified atom stereocenters. The highest BCUT2D eigenvalue weighted by atomic mass is 32.1. The van der Waals surface area contributed by atoms with Gasteiger partial charge in [0.2, 0.25) is 0 Å². The van der Waals surface area contributed by atoms with Gasteiger partial charge in [-0.2, -0.15) is 0 Å². The highest BCUT2D eigenvalue weighted by molar-refractivity contribution is 7.80. The van der Waals surface area contributed by atoms with E-state index in [9.17, 15) is 0 Å². The maximum atomic E-state index is 9.05. The summed E-state index contributed by atoms with van der Waals surface area (Å²) in [5, 5.41) is 9.05.